The number of nitrogens with zero attached hydrogens (tertiary/aromatic N) is 4. The summed E-state index contributed by atoms with van der Waals surface area (Å²) in [7, 11) is 0. The van der Waals surface area contributed by atoms with Crippen LogP contribution < -0.4 is 0 Å². The highest BCUT2D eigenvalue weighted by molar-refractivity contribution is 6.02. The van der Waals surface area contributed by atoms with Crippen molar-refractivity contribution in [2.75, 3.05) is 0 Å². The van der Waals surface area contributed by atoms with Gasteiger partial charge in [-0.2, -0.15) is 23.7 Å². The second kappa shape index (κ2) is 5.33. The fourth-order valence-electron chi connectivity index (χ4n) is 2.25. The average molecular weight is 340 g/mol. The first-order chi connectivity index (χ1) is 11.2. The van der Waals surface area contributed by atoms with Crippen molar-refractivity contribution in [3.8, 4) is 11.3 Å². The van der Waals surface area contributed by atoms with Gasteiger partial charge in [0.05, 0.1) is 11.2 Å². The summed E-state index contributed by atoms with van der Waals surface area (Å²) in [4.78, 5) is 11.1. The van der Waals surface area contributed by atoms with E-state index < -0.39 is 24.3 Å². The summed E-state index contributed by atoms with van der Waals surface area (Å²) in [5, 5.41) is 43.3. The zero-order valence-corrected chi connectivity index (χ0v) is 11.7. The van der Waals surface area contributed by atoms with Gasteiger partial charge < -0.3 is 20.4 Å². The van der Waals surface area contributed by atoms with Gasteiger partial charge in [-0.25, -0.2) is 9.48 Å². The van der Waals surface area contributed by atoms with E-state index in [-0.39, 0.29) is 26.8 Å². The van der Waals surface area contributed by atoms with Gasteiger partial charge in [-0.3, -0.25) is 0 Å². The van der Waals surface area contributed by atoms with E-state index in [1.54, 1.807) is 0 Å². The highest BCUT2D eigenvalue weighted by Crippen LogP contribution is 2.28. The fraction of sp³-hybridized carbons (Fsp3) is 0.154. The molecular weight excluding hydrogens is 330 g/mol. The third-order valence-electron chi connectivity index (χ3n) is 3.29. The number of carbonyl (C=O) groups is 1. The van der Waals surface area contributed by atoms with Crippen LogP contribution in [0, 0.1) is 0 Å². The van der Waals surface area contributed by atoms with Crippen molar-refractivity contribution in [1.29, 1.82) is 0 Å². The molecule has 0 unspecified atom stereocenters. The van der Waals surface area contributed by atoms with Gasteiger partial charge in [0.25, 0.3) is 0 Å². The third kappa shape index (κ3) is 2.60. The Morgan fingerprint density at radius 2 is 1.88 bits per heavy atom. The molecule has 0 spiro atoms. The number of hydrogen-bond acceptors (Lipinski definition) is 6. The third-order valence-corrected chi connectivity index (χ3v) is 3.29. The molecule has 24 heavy (non-hydrogen) atoms. The topological polar surface area (TPSA) is 134 Å². The Morgan fingerprint density at radius 1 is 1.17 bits per heavy atom. The van der Waals surface area contributed by atoms with Crippen molar-refractivity contribution in [1.82, 2.24) is 19.6 Å². The molecule has 0 aliphatic carbocycles. The van der Waals surface area contributed by atoms with Gasteiger partial charge in [0.1, 0.15) is 0 Å². The van der Waals surface area contributed by atoms with Crippen LogP contribution in [0.3, 0.4) is 0 Å². The summed E-state index contributed by atoms with van der Waals surface area (Å²) < 4.78 is 26.8. The molecule has 0 fully saturated rings. The van der Waals surface area contributed by atoms with E-state index in [9.17, 15) is 13.6 Å². The normalized spacial score (nSPS) is 12.2. The molecule has 0 radical (unpaired) electrons. The minimum atomic E-state index is -3.20. The van der Waals surface area contributed by atoms with Crippen LogP contribution in [-0.4, -0.2) is 46.0 Å². The number of halogens is 2. The maximum atomic E-state index is 13.1. The zero-order chi connectivity index (χ0) is 17.6. The first-order valence-corrected chi connectivity index (χ1v) is 6.46. The summed E-state index contributed by atoms with van der Waals surface area (Å²) in [5.74, 6) is -1.44. The van der Waals surface area contributed by atoms with Crippen LogP contribution in [0.2, 0.25) is 0 Å². The average Bonchev–Trinajstić information content (AvgIpc) is 3.11. The van der Waals surface area contributed by atoms with Crippen LogP contribution >= 0.6 is 0 Å². The summed E-state index contributed by atoms with van der Waals surface area (Å²) in [6.07, 6.45) is -2.14. The van der Waals surface area contributed by atoms with Crippen LogP contribution in [-0.2, 0) is 6.10 Å². The van der Waals surface area contributed by atoms with Crippen LogP contribution in [0.25, 0.3) is 22.2 Å². The minimum Gasteiger partial charge on any atom is -0.476 e. The molecule has 4 N–H and O–H groups in total. The van der Waals surface area contributed by atoms with Crippen molar-refractivity contribution >= 4 is 16.9 Å². The van der Waals surface area contributed by atoms with Gasteiger partial charge in [0.2, 0.25) is 0 Å². The highest BCUT2D eigenvalue weighted by atomic mass is 19.3. The van der Waals surface area contributed by atoms with Crippen LogP contribution in [0.15, 0.2) is 30.5 Å². The Bertz CT molecular complexity index is 928. The number of carboxylic acid groups (broad SMARTS) is 1. The smallest absolute Gasteiger partial charge is 0.389 e. The lowest BCUT2D eigenvalue weighted by Gasteiger charge is -2.13. The number of carboxylic acids is 1. The predicted molar refractivity (Wildman–Crippen MR) is 73.8 cm³/mol. The Kier molecular flexibility index (Phi) is 3.55. The lowest BCUT2D eigenvalue weighted by molar-refractivity contribution is -0.380. The number of benzene rings is 1. The lowest BCUT2D eigenvalue weighted by Crippen LogP contribution is -2.32. The van der Waals surface area contributed by atoms with E-state index in [0.29, 0.717) is 4.68 Å². The summed E-state index contributed by atoms with van der Waals surface area (Å²) in [6.45, 7) is -3.05. The lowest BCUT2D eigenvalue weighted by atomic mass is 10.1. The van der Waals surface area contributed by atoms with Crippen molar-refractivity contribution in [3.05, 3.63) is 36.2 Å². The van der Waals surface area contributed by atoms with Gasteiger partial charge >= 0.3 is 18.6 Å². The van der Waals surface area contributed by atoms with Gasteiger partial charge in [0, 0.05) is 17.1 Å². The van der Waals surface area contributed by atoms with E-state index in [4.69, 9.17) is 20.4 Å². The second-order valence-corrected chi connectivity index (χ2v) is 4.85. The molecule has 9 nitrogen and oxygen atoms in total. The van der Waals surface area contributed by atoms with E-state index in [0.717, 1.165) is 6.20 Å². The number of alkyl halides is 2. The minimum absolute atomic E-state index is 0.0202. The summed E-state index contributed by atoms with van der Waals surface area (Å²) >= 11 is 0. The van der Waals surface area contributed by atoms with Gasteiger partial charge in [-0.05, 0) is 18.2 Å². The van der Waals surface area contributed by atoms with Crippen molar-refractivity contribution in [3.63, 3.8) is 0 Å². The van der Waals surface area contributed by atoms with Crippen LogP contribution in [0.5, 0.6) is 0 Å². The molecule has 0 atom stereocenters. The molecule has 0 saturated carbocycles. The zero-order valence-electron chi connectivity index (χ0n) is 11.7. The SMILES string of the molecule is O=C(O)c1nn(C(F)F)c2cc(-c3ccn(C(O)(O)O)n3)ccc12. The fourth-order valence-corrected chi connectivity index (χ4v) is 2.25. The molecule has 0 saturated heterocycles. The molecular formula is C13H10F2N4O5. The Balaban J connectivity index is 2.16. The molecule has 11 heteroatoms. The molecule has 3 rings (SSSR count). The number of aromatic nitrogens is 4. The maximum absolute atomic E-state index is 13.1. The predicted octanol–water partition coefficient (Wildman–Crippen LogP) is 0.538. The largest absolute Gasteiger partial charge is 0.476 e. The van der Waals surface area contributed by atoms with Gasteiger partial charge in [-0.1, -0.05) is 6.07 Å². The summed E-state index contributed by atoms with van der Waals surface area (Å²) in [5.41, 5.74) is -0.221. The van der Waals surface area contributed by atoms with Gasteiger partial charge in [0.15, 0.2) is 5.69 Å². The Morgan fingerprint density at radius 3 is 2.42 bits per heavy atom. The standard InChI is InChI=1S/C13H10F2N4O5/c14-12(15)19-9-5-6(1-2-7(9)10(17-19)11(20)21)8-3-4-18(16-8)13(22,23)24/h1-5,12,22-24H,(H,20,21). The summed E-state index contributed by atoms with van der Waals surface area (Å²) in [6, 6.07) is 5.25. The Labute approximate surface area is 131 Å². The van der Waals surface area contributed by atoms with E-state index in [2.05, 4.69) is 10.2 Å². The maximum Gasteiger partial charge on any atom is 0.389 e. The van der Waals surface area contributed by atoms with E-state index >= 15 is 0 Å². The molecule has 1 aromatic carbocycles. The quantitative estimate of drug-likeness (QED) is 0.509. The molecule has 126 valence electrons. The number of aromatic carboxylic acids is 1. The molecule has 3 aromatic rings. The molecule has 2 aromatic heterocycles. The van der Waals surface area contributed by atoms with Crippen molar-refractivity contribution < 1.29 is 34.0 Å². The highest BCUT2D eigenvalue weighted by Gasteiger charge is 2.24. The second-order valence-electron chi connectivity index (χ2n) is 4.85. The monoisotopic (exact) mass is 340 g/mol. The molecule has 2 heterocycles. The molecule has 0 bridgehead atoms. The first kappa shape index (κ1) is 16.0. The molecule has 0 aliphatic rings. The number of fused-ring (bicyclic) bond motifs is 1. The van der Waals surface area contributed by atoms with Crippen molar-refractivity contribution in [2.24, 2.45) is 0 Å². The number of rotatable bonds is 4. The van der Waals surface area contributed by atoms with E-state index in [1.807, 2.05) is 0 Å². The van der Waals surface area contributed by atoms with Crippen LogP contribution in [0.1, 0.15) is 17.0 Å². The number of aliphatic hydroxyl groups is 3. The number of hydrogen-bond donors (Lipinski definition) is 4. The Hall–Kier alpha value is -2.89. The van der Waals surface area contributed by atoms with E-state index in [1.165, 1.54) is 24.3 Å². The molecule has 0 aliphatic heterocycles. The first-order valence-electron chi connectivity index (χ1n) is 6.46. The van der Waals surface area contributed by atoms with Gasteiger partial charge in [-0.15, -0.1) is 0 Å². The molecule has 0 amide bonds. The van der Waals surface area contributed by atoms with Crippen LogP contribution in [0.4, 0.5) is 8.78 Å². The van der Waals surface area contributed by atoms with Crippen molar-refractivity contribution in [2.45, 2.75) is 12.6 Å².